The van der Waals surface area contributed by atoms with Gasteiger partial charge in [-0.05, 0) is 31.7 Å². The Morgan fingerprint density at radius 1 is 1.38 bits per heavy atom. The van der Waals surface area contributed by atoms with Gasteiger partial charge in [-0.15, -0.1) is 0 Å². The van der Waals surface area contributed by atoms with Crippen molar-refractivity contribution in [3.63, 3.8) is 0 Å². The van der Waals surface area contributed by atoms with E-state index in [4.69, 9.17) is 0 Å². The van der Waals surface area contributed by atoms with Crippen LogP contribution in [0.4, 0.5) is 0 Å². The van der Waals surface area contributed by atoms with Gasteiger partial charge in [-0.2, -0.15) is 0 Å². The summed E-state index contributed by atoms with van der Waals surface area (Å²) in [5.74, 6) is -1.02. The molecule has 0 aliphatic heterocycles. The van der Waals surface area contributed by atoms with Crippen molar-refractivity contribution in [1.82, 2.24) is 15.3 Å². The molecule has 2 rings (SSSR count). The van der Waals surface area contributed by atoms with Gasteiger partial charge in [-0.1, -0.05) is 19.3 Å². The molecule has 1 unspecified atom stereocenters. The molecular formula is C15H21N3O3. The lowest BCUT2D eigenvalue weighted by atomic mass is 9.80. The lowest BCUT2D eigenvalue weighted by molar-refractivity contribution is -0.143. The van der Waals surface area contributed by atoms with Crippen molar-refractivity contribution in [2.24, 2.45) is 11.8 Å². The van der Waals surface area contributed by atoms with E-state index in [1.807, 2.05) is 0 Å². The highest BCUT2D eigenvalue weighted by atomic mass is 16.4. The van der Waals surface area contributed by atoms with Crippen LogP contribution in [-0.2, 0) is 4.79 Å². The van der Waals surface area contributed by atoms with Crippen molar-refractivity contribution in [3.8, 4) is 0 Å². The fourth-order valence-corrected chi connectivity index (χ4v) is 2.87. The summed E-state index contributed by atoms with van der Waals surface area (Å²) in [6.45, 7) is 1.86. The molecule has 0 saturated heterocycles. The van der Waals surface area contributed by atoms with E-state index in [1.165, 1.54) is 18.7 Å². The van der Waals surface area contributed by atoms with E-state index in [9.17, 15) is 14.7 Å². The molecule has 0 bridgehead atoms. The number of aliphatic carboxylic acids is 1. The molecule has 2 N–H and O–H groups in total. The molecule has 114 valence electrons. The van der Waals surface area contributed by atoms with E-state index in [1.54, 1.807) is 6.92 Å². The molecule has 1 saturated carbocycles. The molecule has 1 aromatic heterocycles. The lowest BCUT2D eigenvalue weighted by Crippen LogP contribution is -2.38. The molecule has 1 aliphatic rings. The van der Waals surface area contributed by atoms with Gasteiger partial charge >= 0.3 is 5.97 Å². The number of aromatic nitrogens is 2. The summed E-state index contributed by atoms with van der Waals surface area (Å²) in [6, 6.07) is 1.53. The number of aryl methyl sites for hydroxylation is 1. The Kier molecular flexibility index (Phi) is 5.25. The Hall–Kier alpha value is -1.98. The fraction of sp³-hybridized carbons (Fsp3) is 0.600. The van der Waals surface area contributed by atoms with Gasteiger partial charge in [-0.25, -0.2) is 9.97 Å². The van der Waals surface area contributed by atoms with Crippen LogP contribution in [0, 0.1) is 18.8 Å². The SMILES string of the molecule is Cc1nccc(C(=O)NCC(C(=O)O)C2CCCCC2)n1. The van der Waals surface area contributed by atoms with Crippen LogP contribution in [-0.4, -0.2) is 33.5 Å². The minimum absolute atomic E-state index is 0.155. The van der Waals surface area contributed by atoms with Crippen molar-refractivity contribution in [2.45, 2.75) is 39.0 Å². The van der Waals surface area contributed by atoms with Crippen LogP contribution >= 0.6 is 0 Å². The third-order valence-corrected chi connectivity index (χ3v) is 4.03. The zero-order valence-corrected chi connectivity index (χ0v) is 12.2. The number of hydrogen-bond acceptors (Lipinski definition) is 4. The molecule has 0 spiro atoms. The second-order valence-corrected chi connectivity index (χ2v) is 5.54. The Labute approximate surface area is 124 Å². The van der Waals surface area contributed by atoms with E-state index in [-0.39, 0.29) is 24.1 Å². The number of carbonyl (C=O) groups is 2. The largest absolute Gasteiger partial charge is 0.481 e. The van der Waals surface area contributed by atoms with Gasteiger partial charge in [-0.3, -0.25) is 9.59 Å². The maximum absolute atomic E-state index is 12.0. The molecule has 6 nitrogen and oxygen atoms in total. The first kappa shape index (κ1) is 15.4. The van der Waals surface area contributed by atoms with Crippen LogP contribution in [0.1, 0.15) is 48.4 Å². The normalized spacial score (nSPS) is 17.2. The number of nitrogens with zero attached hydrogens (tertiary/aromatic N) is 2. The van der Waals surface area contributed by atoms with Crippen LogP contribution < -0.4 is 5.32 Å². The lowest BCUT2D eigenvalue weighted by Gasteiger charge is -2.27. The molecule has 1 fully saturated rings. The van der Waals surface area contributed by atoms with Crippen molar-refractivity contribution in [1.29, 1.82) is 0 Å². The van der Waals surface area contributed by atoms with Gasteiger partial charge in [0.1, 0.15) is 11.5 Å². The maximum Gasteiger partial charge on any atom is 0.308 e. The van der Waals surface area contributed by atoms with Crippen LogP contribution in [0.25, 0.3) is 0 Å². The summed E-state index contributed by atoms with van der Waals surface area (Å²) < 4.78 is 0. The quantitative estimate of drug-likeness (QED) is 0.863. The average molecular weight is 291 g/mol. The van der Waals surface area contributed by atoms with E-state index < -0.39 is 11.9 Å². The van der Waals surface area contributed by atoms with E-state index in [2.05, 4.69) is 15.3 Å². The molecule has 0 radical (unpaired) electrons. The molecule has 21 heavy (non-hydrogen) atoms. The van der Waals surface area contributed by atoms with Crippen LogP contribution in [0.2, 0.25) is 0 Å². The van der Waals surface area contributed by atoms with Crippen molar-refractivity contribution >= 4 is 11.9 Å². The Balaban J connectivity index is 1.95. The van der Waals surface area contributed by atoms with Gasteiger partial charge in [0.05, 0.1) is 5.92 Å². The number of nitrogens with one attached hydrogen (secondary N) is 1. The summed E-state index contributed by atoms with van der Waals surface area (Å²) in [6.07, 6.45) is 6.71. The average Bonchev–Trinajstić information content (AvgIpc) is 2.48. The van der Waals surface area contributed by atoms with Gasteiger partial charge in [0.2, 0.25) is 0 Å². The highest BCUT2D eigenvalue weighted by molar-refractivity contribution is 5.92. The predicted molar refractivity (Wildman–Crippen MR) is 76.8 cm³/mol. The molecule has 1 atom stereocenters. The number of carboxylic acids is 1. The zero-order chi connectivity index (χ0) is 15.2. The molecular weight excluding hydrogens is 270 g/mol. The number of amides is 1. The number of rotatable bonds is 5. The highest BCUT2D eigenvalue weighted by Gasteiger charge is 2.29. The summed E-state index contributed by atoms with van der Waals surface area (Å²) in [7, 11) is 0. The Bertz CT molecular complexity index is 513. The smallest absolute Gasteiger partial charge is 0.308 e. The van der Waals surface area contributed by atoms with Gasteiger partial charge in [0.15, 0.2) is 0 Å². The van der Waals surface area contributed by atoms with Gasteiger partial charge in [0.25, 0.3) is 5.91 Å². The Morgan fingerprint density at radius 3 is 2.71 bits per heavy atom. The van der Waals surface area contributed by atoms with Crippen molar-refractivity contribution in [3.05, 3.63) is 23.8 Å². The number of hydrogen-bond donors (Lipinski definition) is 2. The second kappa shape index (κ2) is 7.15. The van der Waals surface area contributed by atoms with Crippen LogP contribution in [0.3, 0.4) is 0 Å². The fourth-order valence-electron chi connectivity index (χ4n) is 2.87. The predicted octanol–water partition coefficient (Wildman–Crippen LogP) is 1.80. The first-order chi connectivity index (χ1) is 10.1. The maximum atomic E-state index is 12.0. The molecule has 6 heteroatoms. The summed E-state index contributed by atoms with van der Waals surface area (Å²) in [5.41, 5.74) is 0.273. The zero-order valence-electron chi connectivity index (χ0n) is 12.2. The first-order valence-electron chi connectivity index (χ1n) is 7.38. The summed E-state index contributed by atoms with van der Waals surface area (Å²) >= 11 is 0. The first-order valence-corrected chi connectivity index (χ1v) is 7.38. The molecule has 1 heterocycles. The standard InChI is InChI=1S/C15H21N3O3/c1-10-16-8-7-13(18-10)14(19)17-9-12(15(20)21)11-5-3-2-4-6-11/h7-8,11-12H,2-6,9H2,1H3,(H,17,19)(H,20,21). The monoisotopic (exact) mass is 291 g/mol. The van der Waals surface area contributed by atoms with Crippen molar-refractivity contribution < 1.29 is 14.7 Å². The minimum Gasteiger partial charge on any atom is -0.481 e. The van der Waals surface area contributed by atoms with Gasteiger partial charge < -0.3 is 10.4 Å². The highest BCUT2D eigenvalue weighted by Crippen LogP contribution is 2.30. The molecule has 1 amide bonds. The molecule has 1 aliphatic carbocycles. The molecule has 1 aromatic rings. The Morgan fingerprint density at radius 2 is 2.10 bits per heavy atom. The molecule has 0 aromatic carbocycles. The number of carbonyl (C=O) groups excluding carboxylic acids is 1. The van der Waals surface area contributed by atoms with Crippen LogP contribution in [0.15, 0.2) is 12.3 Å². The van der Waals surface area contributed by atoms with Gasteiger partial charge in [0, 0.05) is 12.7 Å². The summed E-state index contributed by atoms with van der Waals surface area (Å²) in [5, 5.41) is 12.1. The van der Waals surface area contributed by atoms with E-state index >= 15 is 0 Å². The van der Waals surface area contributed by atoms with E-state index in [0.717, 1.165) is 25.7 Å². The third kappa shape index (κ3) is 4.24. The van der Waals surface area contributed by atoms with E-state index in [0.29, 0.717) is 5.82 Å². The van der Waals surface area contributed by atoms with Crippen LogP contribution in [0.5, 0.6) is 0 Å². The minimum atomic E-state index is -0.832. The number of carboxylic acid groups (broad SMARTS) is 1. The second-order valence-electron chi connectivity index (χ2n) is 5.54. The third-order valence-electron chi connectivity index (χ3n) is 4.03. The van der Waals surface area contributed by atoms with Crippen molar-refractivity contribution in [2.75, 3.05) is 6.54 Å². The summed E-state index contributed by atoms with van der Waals surface area (Å²) in [4.78, 5) is 31.4. The topological polar surface area (TPSA) is 92.2 Å².